The second-order valence-electron chi connectivity index (χ2n) is 4.69. The zero-order chi connectivity index (χ0) is 12.7. The Morgan fingerprint density at radius 2 is 1.88 bits per heavy atom. The van der Waals surface area contributed by atoms with E-state index in [9.17, 15) is 4.79 Å². The first-order chi connectivity index (χ1) is 7.97. The lowest BCUT2D eigenvalue weighted by Crippen LogP contribution is -2.32. The summed E-state index contributed by atoms with van der Waals surface area (Å²) in [4.78, 5) is 16.2. The van der Waals surface area contributed by atoms with Gasteiger partial charge in [-0.3, -0.25) is 4.84 Å². The van der Waals surface area contributed by atoms with Crippen LogP contribution in [0, 0.1) is 0 Å². The van der Waals surface area contributed by atoms with E-state index in [0.29, 0.717) is 6.61 Å². The summed E-state index contributed by atoms with van der Waals surface area (Å²) in [5.41, 5.74) is 2.91. The van der Waals surface area contributed by atoms with Crippen molar-refractivity contribution in [3.05, 3.63) is 35.9 Å². The number of amides is 1. The first-order valence-corrected chi connectivity index (χ1v) is 5.62. The van der Waals surface area contributed by atoms with Crippen LogP contribution in [0.2, 0.25) is 0 Å². The third-order valence-electron chi connectivity index (χ3n) is 1.89. The molecule has 0 unspecified atom stereocenters. The summed E-state index contributed by atoms with van der Waals surface area (Å²) in [5.74, 6) is 0. The molecule has 0 radical (unpaired) electrons. The number of nitrogens with one attached hydrogen (secondary N) is 1. The Morgan fingerprint density at radius 3 is 2.47 bits per heavy atom. The van der Waals surface area contributed by atoms with E-state index in [2.05, 4.69) is 5.48 Å². The van der Waals surface area contributed by atoms with E-state index in [1.54, 1.807) is 20.8 Å². The van der Waals surface area contributed by atoms with Crippen LogP contribution in [0.1, 0.15) is 26.3 Å². The maximum absolute atomic E-state index is 11.2. The van der Waals surface area contributed by atoms with Crippen molar-refractivity contribution < 1.29 is 14.4 Å². The van der Waals surface area contributed by atoms with Gasteiger partial charge in [0, 0.05) is 0 Å². The number of rotatable bonds is 4. The van der Waals surface area contributed by atoms with E-state index >= 15 is 0 Å². The lowest BCUT2D eigenvalue weighted by molar-refractivity contribution is -0.00686. The maximum atomic E-state index is 11.2. The maximum Gasteiger partial charge on any atom is 0.431 e. The minimum atomic E-state index is -0.564. The predicted molar refractivity (Wildman–Crippen MR) is 65.5 cm³/mol. The third-order valence-corrected chi connectivity index (χ3v) is 1.89. The summed E-state index contributed by atoms with van der Waals surface area (Å²) in [6.45, 7) is 5.83. The van der Waals surface area contributed by atoms with Gasteiger partial charge in [0.15, 0.2) is 0 Å². The Hall–Kier alpha value is -1.55. The monoisotopic (exact) mass is 237 g/mol. The second kappa shape index (κ2) is 6.25. The summed E-state index contributed by atoms with van der Waals surface area (Å²) in [6.07, 6.45) is 0.182. The molecule has 0 aliphatic carbocycles. The number of hydrogen-bond donors (Lipinski definition) is 1. The van der Waals surface area contributed by atoms with Crippen LogP contribution < -0.4 is 5.48 Å². The quantitative estimate of drug-likeness (QED) is 0.647. The number of benzene rings is 1. The van der Waals surface area contributed by atoms with E-state index in [-0.39, 0.29) is 0 Å². The van der Waals surface area contributed by atoms with E-state index in [4.69, 9.17) is 9.57 Å². The molecule has 0 aromatic heterocycles. The predicted octanol–water partition coefficient (Wildman–Crippen LogP) is 2.69. The minimum absolute atomic E-state index is 0.420. The highest BCUT2D eigenvalue weighted by molar-refractivity contribution is 5.66. The largest absolute Gasteiger partial charge is 0.442 e. The molecule has 0 aliphatic rings. The first kappa shape index (κ1) is 13.5. The molecule has 1 N–H and O–H groups in total. The lowest BCUT2D eigenvalue weighted by atomic mass is 10.2. The molecular weight excluding hydrogens is 218 g/mol. The summed E-state index contributed by atoms with van der Waals surface area (Å²) in [6, 6.07) is 9.92. The van der Waals surface area contributed by atoms with Crippen LogP contribution in [0.15, 0.2) is 30.3 Å². The van der Waals surface area contributed by atoms with Crippen LogP contribution in [0.4, 0.5) is 4.79 Å². The van der Waals surface area contributed by atoms with Crippen LogP contribution >= 0.6 is 0 Å². The van der Waals surface area contributed by atoms with Gasteiger partial charge < -0.3 is 4.74 Å². The molecule has 94 valence electrons. The Bertz CT molecular complexity index is 343. The molecule has 0 atom stereocenters. The van der Waals surface area contributed by atoms with Crippen molar-refractivity contribution in [2.24, 2.45) is 0 Å². The Balaban J connectivity index is 2.14. The fourth-order valence-electron chi connectivity index (χ4n) is 1.22. The fraction of sp³-hybridized carbons (Fsp3) is 0.462. The molecule has 17 heavy (non-hydrogen) atoms. The topological polar surface area (TPSA) is 47.6 Å². The highest BCUT2D eigenvalue weighted by atomic mass is 16.7. The van der Waals surface area contributed by atoms with Crippen molar-refractivity contribution >= 4 is 6.09 Å². The summed E-state index contributed by atoms with van der Waals surface area (Å²) < 4.78 is 5.01. The number of carbonyl (C=O) groups is 1. The van der Waals surface area contributed by atoms with Gasteiger partial charge in [-0.25, -0.2) is 4.79 Å². The Kier molecular flexibility index (Phi) is 4.97. The second-order valence-corrected chi connectivity index (χ2v) is 4.69. The highest BCUT2D eigenvalue weighted by Gasteiger charge is 2.15. The number of hydrogen-bond acceptors (Lipinski definition) is 3. The molecule has 0 heterocycles. The van der Waals surface area contributed by atoms with Crippen LogP contribution in [-0.4, -0.2) is 18.3 Å². The van der Waals surface area contributed by atoms with Crippen molar-refractivity contribution in [1.29, 1.82) is 0 Å². The molecule has 0 saturated heterocycles. The molecule has 0 bridgehead atoms. The van der Waals surface area contributed by atoms with E-state index < -0.39 is 11.7 Å². The molecule has 0 spiro atoms. The smallest absolute Gasteiger partial charge is 0.431 e. The summed E-state index contributed by atoms with van der Waals surface area (Å²) >= 11 is 0. The van der Waals surface area contributed by atoms with Crippen LogP contribution in [0.3, 0.4) is 0 Å². The standard InChI is InChI=1S/C13H19NO3/c1-13(2,3)17-12(15)14-16-10-9-11-7-5-4-6-8-11/h4-8H,9-10H2,1-3H3,(H,14,15). The molecule has 4 nitrogen and oxygen atoms in total. The van der Waals surface area contributed by atoms with Crippen LogP contribution in [0.5, 0.6) is 0 Å². The summed E-state index contributed by atoms with van der Waals surface area (Å²) in [5, 5.41) is 0. The molecule has 4 heteroatoms. The first-order valence-electron chi connectivity index (χ1n) is 5.62. The molecule has 0 fully saturated rings. The summed E-state index contributed by atoms with van der Waals surface area (Å²) in [7, 11) is 0. The van der Waals surface area contributed by atoms with Gasteiger partial charge in [-0.15, -0.1) is 0 Å². The van der Waals surface area contributed by atoms with Gasteiger partial charge in [0.25, 0.3) is 0 Å². The fourth-order valence-corrected chi connectivity index (χ4v) is 1.22. The lowest BCUT2D eigenvalue weighted by Gasteiger charge is -2.19. The van der Waals surface area contributed by atoms with Crippen LogP contribution in [-0.2, 0) is 16.0 Å². The molecule has 0 saturated carbocycles. The van der Waals surface area contributed by atoms with E-state index in [1.807, 2.05) is 30.3 Å². The van der Waals surface area contributed by atoms with Gasteiger partial charge >= 0.3 is 6.09 Å². The van der Waals surface area contributed by atoms with Gasteiger partial charge in [-0.05, 0) is 32.8 Å². The third kappa shape index (κ3) is 6.58. The molecule has 1 amide bonds. The van der Waals surface area contributed by atoms with Crippen molar-refractivity contribution in [3.63, 3.8) is 0 Å². The molecule has 1 aromatic carbocycles. The van der Waals surface area contributed by atoms with E-state index in [1.165, 1.54) is 5.56 Å². The molecule has 1 aromatic rings. The molecule has 1 rings (SSSR count). The van der Waals surface area contributed by atoms with Gasteiger partial charge in [0.2, 0.25) is 0 Å². The zero-order valence-electron chi connectivity index (χ0n) is 10.5. The van der Waals surface area contributed by atoms with Crippen molar-refractivity contribution in [1.82, 2.24) is 5.48 Å². The van der Waals surface area contributed by atoms with E-state index in [0.717, 1.165) is 6.42 Å². The van der Waals surface area contributed by atoms with Gasteiger partial charge in [-0.2, -0.15) is 5.48 Å². The van der Waals surface area contributed by atoms with Crippen molar-refractivity contribution in [2.75, 3.05) is 6.61 Å². The number of hydroxylamine groups is 1. The van der Waals surface area contributed by atoms with Crippen LogP contribution in [0.25, 0.3) is 0 Å². The SMILES string of the molecule is CC(C)(C)OC(=O)NOCCc1ccccc1. The normalized spacial score (nSPS) is 11.0. The minimum Gasteiger partial charge on any atom is -0.442 e. The number of carbonyl (C=O) groups excluding carboxylic acids is 1. The average Bonchev–Trinajstić information content (AvgIpc) is 2.23. The Labute approximate surface area is 102 Å². The molecule has 0 aliphatic heterocycles. The Morgan fingerprint density at radius 1 is 1.24 bits per heavy atom. The molecular formula is C13H19NO3. The van der Waals surface area contributed by atoms with Gasteiger partial charge in [0.1, 0.15) is 5.60 Å². The van der Waals surface area contributed by atoms with Crippen molar-refractivity contribution in [3.8, 4) is 0 Å². The zero-order valence-corrected chi connectivity index (χ0v) is 10.5. The van der Waals surface area contributed by atoms with Crippen molar-refractivity contribution in [2.45, 2.75) is 32.8 Å². The average molecular weight is 237 g/mol. The number of ether oxygens (including phenoxy) is 1. The van der Waals surface area contributed by atoms with Gasteiger partial charge in [0.05, 0.1) is 6.61 Å². The van der Waals surface area contributed by atoms with Gasteiger partial charge in [-0.1, -0.05) is 30.3 Å². The highest BCUT2D eigenvalue weighted by Crippen LogP contribution is 2.06.